The second-order valence-electron chi connectivity index (χ2n) is 9.02. The lowest BCUT2D eigenvalue weighted by Crippen LogP contribution is -2.41. The highest BCUT2D eigenvalue weighted by Gasteiger charge is 2.53. The van der Waals surface area contributed by atoms with Gasteiger partial charge >= 0.3 is 0 Å². The van der Waals surface area contributed by atoms with Crippen LogP contribution in [0, 0.1) is 0 Å². The molecular weight excluding hydrogens is 436 g/mol. The zero-order valence-corrected chi connectivity index (χ0v) is 18.7. The van der Waals surface area contributed by atoms with Crippen molar-refractivity contribution >= 4 is 11.8 Å². The van der Waals surface area contributed by atoms with E-state index in [2.05, 4.69) is 22.8 Å². The van der Waals surface area contributed by atoms with Gasteiger partial charge < -0.3 is 30.3 Å². The topological polar surface area (TPSA) is 117 Å². The van der Waals surface area contributed by atoms with Crippen molar-refractivity contribution in [2.75, 3.05) is 13.2 Å². The number of hydrogen-bond acceptors (Lipinski definition) is 6. The molecule has 8 nitrogen and oxygen atoms in total. The molecule has 5 rings (SSSR count). The van der Waals surface area contributed by atoms with Gasteiger partial charge in [0.05, 0.1) is 12.7 Å². The Morgan fingerprint density at radius 2 is 1.76 bits per heavy atom. The summed E-state index contributed by atoms with van der Waals surface area (Å²) in [4.78, 5) is 25.0. The monoisotopic (exact) mass is 464 g/mol. The maximum atomic E-state index is 12.9. The lowest BCUT2D eigenvalue weighted by molar-refractivity contribution is -0.171. The van der Waals surface area contributed by atoms with E-state index >= 15 is 0 Å². The van der Waals surface area contributed by atoms with Crippen molar-refractivity contribution in [1.82, 2.24) is 10.6 Å². The lowest BCUT2D eigenvalue weighted by atomic mass is 9.92. The molecule has 1 heterocycles. The first-order chi connectivity index (χ1) is 16.5. The zero-order chi connectivity index (χ0) is 23.7. The van der Waals surface area contributed by atoms with E-state index in [9.17, 15) is 14.7 Å². The van der Waals surface area contributed by atoms with Crippen LogP contribution in [0.5, 0.6) is 0 Å². The van der Waals surface area contributed by atoms with Crippen molar-refractivity contribution in [2.24, 2.45) is 0 Å². The minimum Gasteiger partial charge on any atom is -0.395 e. The van der Waals surface area contributed by atoms with E-state index in [0.29, 0.717) is 24.0 Å². The van der Waals surface area contributed by atoms with Crippen molar-refractivity contribution in [1.29, 1.82) is 0 Å². The largest absolute Gasteiger partial charge is 0.395 e. The van der Waals surface area contributed by atoms with Crippen LogP contribution in [0.3, 0.4) is 0 Å². The first-order valence-corrected chi connectivity index (χ1v) is 11.5. The molecule has 1 spiro atoms. The smallest absolute Gasteiger partial charge is 0.251 e. The third-order valence-corrected chi connectivity index (χ3v) is 6.57. The van der Waals surface area contributed by atoms with E-state index in [4.69, 9.17) is 14.6 Å². The summed E-state index contributed by atoms with van der Waals surface area (Å²) < 4.78 is 12.5. The van der Waals surface area contributed by atoms with Crippen LogP contribution in [0.1, 0.15) is 33.5 Å². The molecule has 8 heteroatoms. The van der Waals surface area contributed by atoms with Crippen LogP contribution in [-0.2, 0) is 33.7 Å². The summed E-state index contributed by atoms with van der Waals surface area (Å²) in [6, 6.07) is 15.0. The van der Waals surface area contributed by atoms with Gasteiger partial charge in [0.15, 0.2) is 5.79 Å². The van der Waals surface area contributed by atoms with E-state index in [1.54, 1.807) is 24.3 Å². The standard InChI is InChI=1S/C26H28N2O6/c29-9-8-27-24(31)17-7-3-4-16(10-17)15-28-25(32)20-11-21(30)23-22(12-20)33-26(34-23)13-18-5-1-2-6-19(18)14-26/h1-7,10,12,21-23,29-30H,8-9,11,13-15H2,(H,27,31)(H,28,32). The van der Waals surface area contributed by atoms with Crippen LogP contribution in [0.4, 0.5) is 0 Å². The number of nitrogens with one attached hydrogen (secondary N) is 2. The molecule has 3 atom stereocenters. The molecule has 178 valence electrons. The molecule has 1 aliphatic heterocycles. The Morgan fingerprint density at radius 1 is 1.00 bits per heavy atom. The van der Waals surface area contributed by atoms with E-state index in [1.807, 2.05) is 18.2 Å². The molecule has 0 aromatic heterocycles. The Labute approximate surface area is 197 Å². The number of aliphatic hydroxyl groups excluding tert-OH is 2. The number of benzene rings is 2. The molecule has 4 N–H and O–H groups in total. The van der Waals surface area contributed by atoms with Gasteiger partial charge in [-0.15, -0.1) is 0 Å². The summed E-state index contributed by atoms with van der Waals surface area (Å²) in [6.45, 7) is 0.281. The van der Waals surface area contributed by atoms with Crippen molar-refractivity contribution in [3.8, 4) is 0 Å². The Bertz CT molecular complexity index is 1100. The highest BCUT2D eigenvalue weighted by Crippen LogP contribution is 2.44. The highest BCUT2D eigenvalue weighted by atomic mass is 16.8. The van der Waals surface area contributed by atoms with E-state index in [-0.39, 0.29) is 37.9 Å². The molecule has 3 aliphatic rings. The molecule has 3 unspecified atom stereocenters. The van der Waals surface area contributed by atoms with E-state index in [0.717, 1.165) is 5.56 Å². The number of ether oxygens (including phenoxy) is 2. The fraction of sp³-hybridized carbons (Fsp3) is 0.385. The average Bonchev–Trinajstić information content (AvgIpc) is 3.39. The number of rotatable bonds is 6. The molecular formula is C26H28N2O6. The maximum Gasteiger partial charge on any atom is 0.251 e. The van der Waals surface area contributed by atoms with Crippen molar-refractivity contribution in [3.63, 3.8) is 0 Å². The number of carbonyl (C=O) groups excluding carboxylic acids is 2. The predicted molar refractivity (Wildman–Crippen MR) is 123 cm³/mol. The Kier molecular flexibility index (Phi) is 6.22. The number of hydrogen-bond donors (Lipinski definition) is 4. The van der Waals surface area contributed by atoms with Crippen LogP contribution < -0.4 is 10.6 Å². The van der Waals surface area contributed by atoms with E-state index < -0.39 is 24.1 Å². The number of aliphatic hydroxyl groups is 2. The van der Waals surface area contributed by atoms with E-state index in [1.165, 1.54) is 11.1 Å². The van der Waals surface area contributed by atoms with Gasteiger partial charge in [0, 0.05) is 43.5 Å². The first kappa shape index (κ1) is 22.7. The fourth-order valence-electron chi connectivity index (χ4n) is 4.96. The van der Waals surface area contributed by atoms with Crippen molar-refractivity contribution < 1.29 is 29.3 Å². The number of amides is 2. The predicted octanol–water partition coefficient (Wildman–Crippen LogP) is 0.995. The summed E-state index contributed by atoms with van der Waals surface area (Å²) in [5.41, 5.74) is 4.05. The minimum absolute atomic E-state index is 0.132. The van der Waals surface area contributed by atoms with Gasteiger partial charge in [-0.2, -0.15) is 0 Å². The second-order valence-corrected chi connectivity index (χ2v) is 9.02. The quantitative estimate of drug-likeness (QED) is 0.507. The number of fused-ring (bicyclic) bond motifs is 2. The summed E-state index contributed by atoms with van der Waals surface area (Å²) in [5, 5.41) is 25.1. The van der Waals surface area contributed by atoms with Crippen LogP contribution in [0.15, 0.2) is 60.2 Å². The van der Waals surface area contributed by atoms with Gasteiger partial charge in [-0.1, -0.05) is 36.4 Å². The zero-order valence-electron chi connectivity index (χ0n) is 18.7. The Balaban J connectivity index is 1.22. The molecule has 2 aromatic rings. The summed E-state index contributed by atoms with van der Waals surface area (Å²) >= 11 is 0. The van der Waals surface area contributed by atoms with Gasteiger partial charge in [-0.05, 0) is 34.9 Å². The molecule has 2 aromatic carbocycles. The summed E-state index contributed by atoms with van der Waals surface area (Å²) in [7, 11) is 0. The minimum atomic E-state index is -0.836. The van der Waals surface area contributed by atoms with Crippen LogP contribution in [0.2, 0.25) is 0 Å². The first-order valence-electron chi connectivity index (χ1n) is 11.5. The van der Waals surface area contributed by atoms with Crippen LogP contribution in [-0.4, -0.2) is 59.3 Å². The molecule has 1 fully saturated rings. The SMILES string of the molecule is O=C(NCc1cccc(C(=O)NCCO)c1)C1=CC2OC3(Cc4ccccc4C3)OC2C(O)C1. The molecule has 0 saturated carbocycles. The van der Waals surface area contributed by atoms with Crippen LogP contribution >= 0.6 is 0 Å². The van der Waals surface area contributed by atoms with Gasteiger partial charge in [-0.25, -0.2) is 0 Å². The van der Waals surface area contributed by atoms with Gasteiger partial charge in [0.25, 0.3) is 5.91 Å². The highest BCUT2D eigenvalue weighted by molar-refractivity contribution is 5.95. The maximum absolute atomic E-state index is 12.9. The third kappa shape index (κ3) is 4.50. The summed E-state index contributed by atoms with van der Waals surface area (Å²) in [5.74, 6) is -1.36. The normalized spacial score (nSPS) is 24.3. The molecule has 2 amide bonds. The summed E-state index contributed by atoms with van der Waals surface area (Å²) in [6.07, 6.45) is 1.38. The second kappa shape index (κ2) is 9.31. The molecule has 1 saturated heterocycles. The molecule has 2 aliphatic carbocycles. The fourth-order valence-corrected chi connectivity index (χ4v) is 4.96. The van der Waals surface area contributed by atoms with Gasteiger partial charge in [0.2, 0.25) is 5.91 Å². The van der Waals surface area contributed by atoms with Crippen LogP contribution in [0.25, 0.3) is 0 Å². The van der Waals surface area contributed by atoms with Crippen molar-refractivity contribution in [2.45, 2.75) is 49.9 Å². The number of carbonyl (C=O) groups is 2. The molecule has 0 bridgehead atoms. The van der Waals surface area contributed by atoms with Gasteiger partial charge in [-0.3, -0.25) is 9.59 Å². The molecule has 0 radical (unpaired) electrons. The average molecular weight is 465 g/mol. The van der Waals surface area contributed by atoms with Gasteiger partial charge in [0.1, 0.15) is 12.2 Å². The third-order valence-electron chi connectivity index (χ3n) is 6.57. The lowest BCUT2D eigenvalue weighted by Gasteiger charge is -2.26. The Hall–Kier alpha value is -3.04. The van der Waals surface area contributed by atoms with Crippen molar-refractivity contribution in [3.05, 3.63) is 82.4 Å². The molecule has 34 heavy (non-hydrogen) atoms. The Morgan fingerprint density at radius 3 is 2.50 bits per heavy atom.